The normalized spacial score (nSPS) is 10.7. The van der Waals surface area contributed by atoms with Crippen LogP contribution in [-0.2, 0) is 6.42 Å². The number of nitrogens with one attached hydrogen (secondary N) is 2. The fourth-order valence-electron chi connectivity index (χ4n) is 2.60. The number of halogens is 2. The average Bonchev–Trinajstić information content (AvgIpc) is 2.98. The quantitative estimate of drug-likeness (QED) is 0.669. The Morgan fingerprint density at radius 2 is 2.04 bits per heavy atom. The van der Waals surface area contributed by atoms with E-state index in [1.54, 1.807) is 18.2 Å². The molecule has 0 atom stereocenters. The van der Waals surface area contributed by atoms with E-state index in [2.05, 4.69) is 15.5 Å². The van der Waals surface area contributed by atoms with Crippen molar-refractivity contribution in [1.29, 1.82) is 0 Å². The molecule has 6 heteroatoms. The van der Waals surface area contributed by atoms with Crippen LogP contribution in [0.3, 0.4) is 0 Å². The van der Waals surface area contributed by atoms with E-state index in [1.165, 1.54) is 18.2 Å². The molecule has 4 nitrogen and oxygen atoms in total. The van der Waals surface area contributed by atoms with Crippen LogP contribution in [0.15, 0.2) is 48.5 Å². The maximum Gasteiger partial charge on any atom is 0.255 e. The first-order valence-corrected chi connectivity index (χ1v) is 8.36. The lowest BCUT2D eigenvalue weighted by atomic mass is 10.1. The first-order chi connectivity index (χ1) is 12.1. The number of nitrogens with zero attached hydrogens (tertiary/aromatic N) is 1. The van der Waals surface area contributed by atoms with E-state index in [-0.39, 0.29) is 11.5 Å². The van der Waals surface area contributed by atoms with Crippen molar-refractivity contribution >= 4 is 23.2 Å². The molecule has 0 aliphatic heterocycles. The second-order valence-corrected chi connectivity index (χ2v) is 6.09. The molecule has 0 bridgehead atoms. The highest BCUT2D eigenvalue weighted by Gasteiger charge is 2.18. The van der Waals surface area contributed by atoms with E-state index >= 15 is 0 Å². The second kappa shape index (κ2) is 7.49. The summed E-state index contributed by atoms with van der Waals surface area (Å²) in [5.41, 5.74) is 3.07. The largest absolute Gasteiger partial charge is 0.319 e. The van der Waals surface area contributed by atoms with E-state index in [0.29, 0.717) is 16.4 Å². The third-order valence-electron chi connectivity index (χ3n) is 3.76. The van der Waals surface area contributed by atoms with Crippen molar-refractivity contribution in [2.24, 2.45) is 0 Å². The maximum absolute atomic E-state index is 13.4. The number of rotatable bonds is 5. The number of anilines is 1. The van der Waals surface area contributed by atoms with Crippen molar-refractivity contribution in [3.8, 4) is 11.3 Å². The van der Waals surface area contributed by atoms with Gasteiger partial charge in [-0.25, -0.2) is 4.39 Å². The zero-order chi connectivity index (χ0) is 17.8. The van der Waals surface area contributed by atoms with Gasteiger partial charge in [-0.2, -0.15) is 5.10 Å². The maximum atomic E-state index is 13.4. The molecule has 0 unspecified atom stereocenters. The molecule has 0 aliphatic carbocycles. The zero-order valence-electron chi connectivity index (χ0n) is 13.6. The van der Waals surface area contributed by atoms with Gasteiger partial charge in [-0.05, 0) is 36.8 Å². The molecule has 0 saturated heterocycles. The van der Waals surface area contributed by atoms with Crippen LogP contribution in [0, 0.1) is 5.82 Å². The number of carbonyl (C=O) groups excluding carboxylic acids is 1. The van der Waals surface area contributed by atoms with Crippen molar-refractivity contribution in [1.82, 2.24) is 10.2 Å². The second-order valence-electron chi connectivity index (χ2n) is 5.65. The third kappa shape index (κ3) is 3.88. The highest BCUT2D eigenvalue weighted by molar-refractivity contribution is 6.30. The van der Waals surface area contributed by atoms with E-state index in [9.17, 15) is 9.18 Å². The summed E-state index contributed by atoms with van der Waals surface area (Å²) in [5, 5.41) is 10.8. The molecule has 0 saturated carbocycles. The number of benzene rings is 2. The molecular weight excluding hydrogens is 341 g/mol. The SMILES string of the molecule is CCCc1[nH]nc(-c2cccc(Cl)c2)c1NC(=O)c1cccc(F)c1. The summed E-state index contributed by atoms with van der Waals surface area (Å²) >= 11 is 6.07. The monoisotopic (exact) mass is 357 g/mol. The average molecular weight is 358 g/mol. The Hall–Kier alpha value is -2.66. The number of aromatic amines is 1. The highest BCUT2D eigenvalue weighted by atomic mass is 35.5. The summed E-state index contributed by atoms with van der Waals surface area (Å²) in [6, 6.07) is 12.8. The minimum Gasteiger partial charge on any atom is -0.319 e. The number of aryl methyl sites for hydroxylation is 1. The van der Waals surface area contributed by atoms with Gasteiger partial charge >= 0.3 is 0 Å². The summed E-state index contributed by atoms with van der Waals surface area (Å²) in [5.74, 6) is -0.842. The minimum absolute atomic E-state index is 0.251. The van der Waals surface area contributed by atoms with Crippen LogP contribution in [0.4, 0.5) is 10.1 Å². The molecule has 0 radical (unpaired) electrons. The van der Waals surface area contributed by atoms with Gasteiger partial charge < -0.3 is 5.32 Å². The van der Waals surface area contributed by atoms with Crippen molar-refractivity contribution in [2.45, 2.75) is 19.8 Å². The topological polar surface area (TPSA) is 57.8 Å². The number of hydrogen-bond donors (Lipinski definition) is 2. The Balaban J connectivity index is 1.98. The Bertz CT molecular complexity index is 907. The van der Waals surface area contributed by atoms with Gasteiger partial charge in [0.1, 0.15) is 11.5 Å². The molecule has 3 aromatic rings. The Morgan fingerprint density at radius 3 is 2.76 bits per heavy atom. The Kier molecular flexibility index (Phi) is 5.14. The molecule has 128 valence electrons. The molecule has 0 spiro atoms. The number of amides is 1. The molecule has 1 amide bonds. The predicted molar refractivity (Wildman–Crippen MR) is 97.4 cm³/mol. The lowest BCUT2D eigenvalue weighted by Gasteiger charge is -2.09. The summed E-state index contributed by atoms with van der Waals surface area (Å²) in [7, 11) is 0. The first kappa shape index (κ1) is 17.2. The highest BCUT2D eigenvalue weighted by Crippen LogP contribution is 2.31. The summed E-state index contributed by atoms with van der Waals surface area (Å²) < 4.78 is 13.4. The number of hydrogen-bond acceptors (Lipinski definition) is 2. The molecule has 2 N–H and O–H groups in total. The minimum atomic E-state index is -0.455. The number of aromatic nitrogens is 2. The van der Waals surface area contributed by atoms with E-state index in [0.717, 1.165) is 24.1 Å². The zero-order valence-corrected chi connectivity index (χ0v) is 14.4. The Morgan fingerprint density at radius 1 is 1.24 bits per heavy atom. The van der Waals surface area contributed by atoms with Gasteiger partial charge in [-0.1, -0.05) is 43.1 Å². The lowest BCUT2D eigenvalue weighted by molar-refractivity contribution is 0.102. The molecule has 25 heavy (non-hydrogen) atoms. The number of carbonyl (C=O) groups is 1. The van der Waals surface area contributed by atoms with Gasteiger partial charge in [0.2, 0.25) is 0 Å². The van der Waals surface area contributed by atoms with Gasteiger partial charge in [0.25, 0.3) is 5.91 Å². The van der Waals surface area contributed by atoms with Crippen LogP contribution in [-0.4, -0.2) is 16.1 Å². The first-order valence-electron chi connectivity index (χ1n) is 7.98. The molecule has 0 aliphatic rings. The van der Waals surface area contributed by atoms with Crippen molar-refractivity contribution < 1.29 is 9.18 Å². The van der Waals surface area contributed by atoms with Crippen molar-refractivity contribution in [3.05, 3.63) is 70.6 Å². The van der Waals surface area contributed by atoms with Crippen LogP contribution < -0.4 is 5.32 Å². The summed E-state index contributed by atoms with van der Waals surface area (Å²) in [6.07, 6.45) is 1.62. The summed E-state index contributed by atoms with van der Waals surface area (Å²) in [4.78, 5) is 12.5. The molecule has 3 rings (SSSR count). The fraction of sp³-hybridized carbons (Fsp3) is 0.158. The van der Waals surface area contributed by atoms with Gasteiger partial charge in [0, 0.05) is 16.1 Å². The smallest absolute Gasteiger partial charge is 0.255 e. The van der Waals surface area contributed by atoms with Gasteiger partial charge in [0.15, 0.2) is 0 Å². The molecule has 2 aromatic carbocycles. The van der Waals surface area contributed by atoms with Gasteiger partial charge in [0.05, 0.1) is 11.4 Å². The van der Waals surface area contributed by atoms with Crippen LogP contribution in [0.25, 0.3) is 11.3 Å². The van der Waals surface area contributed by atoms with Crippen molar-refractivity contribution in [3.63, 3.8) is 0 Å². The Labute approximate surface area is 150 Å². The predicted octanol–water partition coefficient (Wildman–Crippen LogP) is 5.07. The standard InChI is InChI=1S/C19H17ClFN3O/c1-2-5-16-18(22-19(25)13-7-4-9-15(21)11-13)17(24-23-16)12-6-3-8-14(20)10-12/h3-4,6-11H,2,5H2,1H3,(H,22,25)(H,23,24). The molecule has 0 fully saturated rings. The van der Waals surface area contributed by atoms with Gasteiger partial charge in [-0.3, -0.25) is 9.89 Å². The van der Waals surface area contributed by atoms with E-state index in [4.69, 9.17) is 11.6 Å². The summed E-state index contributed by atoms with van der Waals surface area (Å²) in [6.45, 7) is 2.04. The van der Waals surface area contributed by atoms with E-state index < -0.39 is 5.82 Å². The lowest BCUT2D eigenvalue weighted by Crippen LogP contribution is -2.13. The molecular formula is C19H17ClFN3O. The van der Waals surface area contributed by atoms with E-state index in [1.807, 2.05) is 19.1 Å². The third-order valence-corrected chi connectivity index (χ3v) is 4.00. The number of H-pyrrole nitrogens is 1. The van der Waals surface area contributed by atoms with Crippen LogP contribution in [0.5, 0.6) is 0 Å². The van der Waals surface area contributed by atoms with Crippen LogP contribution in [0.2, 0.25) is 5.02 Å². The van der Waals surface area contributed by atoms with Crippen LogP contribution >= 0.6 is 11.6 Å². The molecule has 1 aromatic heterocycles. The molecule has 1 heterocycles. The van der Waals surface area contributed by atoms with Crippen LogP contribution in [0.1, 0.15) is 29.4 Å². The fourth-order valence-corrected chi connectivity index (χ4v) is 2.79. The van der Waals surface area contributed by atoms with Crippen molar-refractivity contribution in [2.75, 3.05) is 5.32 Å². The van der Waals surface area contributed by atoms with Gasteiger partial charge in [-0.15, -0.1) is 0 Å².